The van der Waals surface area contributed by atoms with Crippen LogP contribution < -0.4 is 5.32 Å². The first-order valence-corrected chi connectivity index (χ1v) is 8.94. The third kappa shape index (κ3) is 8.31. The van der Waals surface area contributed by atoms with E-state index in [-0.39, 0.29) is 11.9 Å². The van der Waals surface area contributed by atoms with Gasteiger partial charge >= 0.3 is 5.97 Å². The Bertz CT molecular complexity index is 318. The summed E-state index contributed by atoms with van der Waals surface area (Å²) in [5, 5.41) is 3.01. The molecular formula is C15H28N2O3S. The molecule has 0 atom stereocenters. The molecule has 0 saturated carbocycles. The van der Waals surface area contributed by atoms with Gasteiger partial charge in [-0.2, -0.15) is 0 Å². The summed E-state index contributed by atoms with van der Waals surface area (Å²) in [6.45, 7) is 6.51. The molecule has 0 aliphatic carbocycles. The van der Waals surface area contributed by atoms with Crippen molar-refractivity contribution < 1.29 is 14.3 Å². The first-order valence-electron chi connectivity index (χ1n) is 7.79. The molecule has 0 spiro atoms. The number of hydrogen-bond acceptors (Lipinski definition) is 5. The smallest absolute Gasteiger partial charge is 0.315 e. The van der Waals surface area contributed by atoms with Crippen LogP contribution in [0.25, 0.3) is 0 Å². The average molecular weight is 316 g/mol. The van der Waals surface area contributed by atoms with Gasteiger partial charge in [-0.25, -0.2) is 0 Å². The van der Waals surface area contributed by atoms with Crippen molar-refractivity contribution >= 4 is 23.6 Å². The summed E-state index contributed by atoms with van der Waals surface area (Å²) in [6.07, 6.45) is 4.04. The Kier molecular flexibility index (Phi) is 9.50. The molecule has 1 amide bonds. The van der Waals surface area contributed by atoms with E-state index in [1.807, 2.05) is 0 Å². The van der Waals surface area contributed by atoms with Gasteiger partial charge in [0.1, 0.15) is 0 Å². The van der Waals surface area contributed by atoms with Gasteiger partial charge in [0.15, 0.2) is 0 Å². The molecule has 0 unspecified atom stereocenters. The zero-order chi connectivity index (χ0) is 15.5. The molecule has 1 fully saturated rings. The highest BCUT2D eigenvalue weighted by molar-refractivity contribution is 7.99. The molecule has 1 aliphatic heterocycles. The van der Waals surface area contributed by atoms with Crippen LogP contribution in [0.3, 0.4) is 0 Å². The van der Waals surface area contributed by atoms with Gasteiger partial charge in [0.05, 0.1) is 12.9 Å². The summed E-state index contributed by atoms with van der Waals surface area (Å²) in [7, 11) is 1.38. The Labute approximate surface area is 132 Å². The predicted molar refractivity (Wildman–Crippen MR) is 86.4 cm³/mol. The van der Waals surface area contributed by atoms with Gasteiger partial charge in [-0.1, -0.05) is 6.92 Å². The lowest BCUT2D eigenvalue weighted by Crippen LogP contribution is -2.39. The molecule has 6 heteroatoms. The van der Waals surface area contributed by atoms with E-state index in [1.165, 1.54) is 44.7 Å². The fraction of sp³-hybridized carbons (Fsp3) is 0.867. The highest BCUT2D eigenvalue weighted by Crippen LogP contribution is 2.16. The second kappa shape index (κ2) is 10.9. The normalized spacial score (nSPS) is 16.7. The first-order chi connectivity index (χ1) is 10.2. The maximum Gasteiger partial charge on any atom is 0.315 e. The number of carbonyl (C=O) groups is 2. The fourth-order valence-electron chi connectivity index (χ4n) is 2.46. The molecule has 0 radical (unpaired) electrons. The van der Waals surface area contributed by atoms with Crippen molar-refractivity contribution in [1.29, 1.82) is 0 Å². The Balaban J connectivity index is 2.02. The predicted octanol–water partition coefficient (Wildman–Crippen LogP) is 1.52. The van der Waals surface area contributed by atoms with Gasteiger partial charge in [0.25, 0.3) is 0 Å². The van der Waals surface area contributed by atoms with E-state index in [4.69, 9.17) is 0 Å². The van der Waals surface area contributed by atoms with Gasteiger partial charge in [-0.3, -0.25) is 9.59 Å². The molecule has 1 saturated heterocycles. The number of rotatable bonds is 9. The van der Waals surface area contributed by atoms with E-state index in [9.17, 15) is 9.59 Å². The number of likely N-dealkylation sites (tertiary alicyclic amines) is 1. The molecule has 5 nitrogen and oxygen atoms in total. The molecule has 21 heavy (non-hydrogen) atoms. The average Bonchev–Trinajstić information content (AvgIpc) is 2.51. The zero-order valence-electron chi connectivity index (χ0n) is 13.2. The molecule has 0 aromatic rings. The van der Waals surface area contributed by atoms with Crippen molar-refractivity contribution in [1.82, 2.24) is 10.2 Å². The number of hydrogen-bond donors (Lipinski definition) is 1. The van der Waals surface area contributed by atoms with Crippen LogP contribution in [-0.2, 0) is 14.3 Å². The number of esters is 1. The number of methoxy groups -OCH3 is 1. The van der Waals surface area contributed by atoms with E-state index in [2.05, 4.69) is 21.9 Å². The van der Waals surface area contributed by atoms with Gasteiger partial charge < -0.3 is 15.0 Å². The number of nitrogens with zero attached hydrogens (tertiary/aromatic N) is 1. The van der Waals surface area contributed by atoms with Crippen LogP contribution in [0.2, 0.25) is 0 Å². The quantitative estimate of drug-likeness (QED) is 0.516. The van der Waals surface area contributed by atoms with Crippen LogP contribution in [0.4, 0.5) is 0 Å². The third-order valence-corrected chi connectivity index (χ3v) is 4.69. The summed E-state index contributed by atoms with van der Waals surface area (Å²) in [4.78, 5) is 25.1. The molecule has 0 bridgehead atoms. The maximum atomic E-state index is 11.7. The molecule has 0 aromatic carbocycles. The van der Waals surface area contributed by atoms with Crippen LogP contribution in [-0.4, -0.2) is 61.6 Å². The van der Waals surface area contributed by atoms with Crippen LogP contribution in [0.5, 0.6) is 0 Å². The van der Waals surface area contributed by atoms with Crippen molar-refractivity contribution in [3.63, 3.8) is 0 Å². The van der Waals surface area contributed by atoms with Crippen LogP contribution in [0.15, 0.2) is 0 Å². The van der Waals surface area contributed by atoms with E-state index in [0.717, 1.165) is 19.6 Å². The summed E-state index contributed by atoms with van der Waals surface area (Å²) in [5.74, 6) is 1.45. The van der Waals surface area contributed by atoms with Gasteiger partial charge in [-0.15, -0.1) is 11.8 Å². The molecule has 122 valence electrons. The minimum atomic E-state index is -0.237. The Morgan fingerprint density at radius 3 is 2.67 bits per heavy atom. The Morgan fingerprint density at radius 1 is 1.33 bits per heavy atom. The number of amides is 1. The lowest BCUT2D eigenvalue weighted by Gasteiger charge is -2.31. The van der Waals surface area contributed by atoms with Crippen LogP contribution in [0.1, 0.15) is 32.6 Å². The monoisotopic (exact) mass is 316 g/mol. The zero-order valence-corrected chi connectivity index (χ0v) is 14.0. The summed E-state index contributed by atoms with van der Waals surface area (Å²) < 4.78 is 4.55. The van der Waals surface area contributed by atoms with Crippen molar-refractivity contribution in [3.8, 4) is 0 Å². The minimum Gasteiger partial charge on any atom is -0.468 e. The van der Waals surface area contributed by atoms with E-state index in [1.54, 1.807) is 0 Å². The lowest BCUT2D eigenvalue weighted by atomic mass is 9.96. The van der Waals surface area contributed by atoms with E-state index < -0.39 is 0 Å². The van der Waals surface area contributed by atoms with Crippen molar-refractivity contribution in [2.45, 2.75) is 32.6 Å². The summed E-state index contributed by atoms with van der Waals surface area (Å²) in [5.41, 5.74) is 0. The van der Waals surface area contributed by atoms with Crippen LogP contribution >= 0.6 is 11.8 Å². The number of thioether (sulfide) groups is 1. The van der Waals surface area contributed by atoms with Gasteiger partial charge in [0.2, 0.25) is 5.91 Å². The van der Waals surface area contributed by atoms with Crippen molar-refractivity contribution in [3.05, 3.63) is 0 Å². The molecule has 1 N–H and O–H groups in total. The van der Waals surface area contributed by atoms with Crippen LogP contribution in [0, 0.1) is 5.92 Å². The Hall–Kier alpha value is -0.750. The van der Waals surface area contributed by atoms with Crippen molar-refractivity contribution in [2.24, 2.45) is 5.92 Å². The number of nitrogens with one attached hydrogen (secondary N) is 1. The molecule has 1 rings (SSSR count). The number of ether oxygens (including phenoxy) is 1. The molecule has 1 heterocycles. The standard InChI is InChI=1S/C15H28N2O3S/c1-3-7-17-8-4-13(5-9-17)11-16-14(18)6-10-21-12-15(19)20-2/h13H,3-12H2,1-2H3,(H,16,18). The van der Waals surface area contributed by atoms with E-state index in [0.29, 0.717) is 23.8 Å². The second-order valence-electron chi connectivity index (χ2n) is 5.47. The van der Waals surface area contributed by atoms with Crippen molar-refractivity contribution in [2.75, 3.05) is 44.8 Å². The van der Waals surface area contributed by atoms with Gasteiger partial charge in [-0.05, 0) is 44.8 Å². The topological polar surface area (TPSA) is 58.6 Å². The first kappa shape index (κ1) is 18.3. The highest BCUT2D eigenvalue weighted by atomic mass is 32.2. The fourth-order valence-corrected chi connectivity index (χ4v) is 3.21. The highest BCUT2D eigenvalue weighted by Gasteiger charge is 2.18. The second-order valence-corrected chi connectivity index (χ2v) is 6.57. The number of piperidine rings is 1. The number of carbonyl (C=O) groups excluding carboxylic acids is 2. The summed E-state index contributed by atoms with van der Waals surface area (Å²) >= 11 is 1.44. The molecule has 1 aliphatic rings. The van der Waals surface area contributed by atoms with E-state index >= 15 is 0 Å². The SMILES string of the molecule is CCCN1CCC(CNC(=O)CCSCC(=O)OC)CC1. The molecule has 0 aromatic heterocycles. The van der Waals surface area contributed by atoms with Gasteiger partial charge in [0, 0.05) is 18.7 Å². The minimum absolute atomic E-state index is 0.0864. The summed E-state index contributed by atoms with van der Waals surface area (Å²) in [6, 6.07) is 0. The Morgan fingerprint density at radius 2 is 2.05 bits per heavy atom. The lowest BCUT2D eigenvalue weighted by molar-refractivity contribution is -0.137. The third-order valence-electron chi connectivity index (χ3n) is 3.76. The largest absolute Gasteiger partial charge is 0.468 e. The molecular weight excluding hydrogens is 288 g/mol. The maximum absolute atomic E-state index is 11.7.